The van der Waals surface area contributed by atoms with Gasteiger partial charge < -0.3 is 10.4 Å². The van der Waals surface area contributed by atoms with Crippen LogP contribution < -0.4 is 5.32 Å². The molecule has 24 heavy (non-hydrogen) atoms. The van der Waals surface area contributed by atoms with E-state index in [1.807, 2.05) is 0 Å². The smallest absolute Gasteiger partial charge is 0.126 e. The topological polar surface area (TPSA) is 44.6 Å². The number of hydrogen-bond donors (Lipinski definition) is 2. The molecule has 1 heterocycles. The number of aliphatic hydroxyl groups excluding tert-OH is 1. The van der Waals surface area contributed by atoms with Gasteiger partial charge in [-0.2, -0.15) is 0 Å². The second kappa shape index (κ2) is 14.7. The summed E-state index contributed by atoms with van der Waals surface area (Å²) in [5.41, 5.74) is 0. The van der Waals surface area contributed by atoms with Crippen molar-refractivity contribution in [2.45, 2.75) is 110 Å². The van der Waals surface area contributed by atoms with Gasteiger partial charge in [0.2, 0.25) is 0 Å². The first-order valence-electron chi connectivity index (χ1n) is 10.8. The summed E-state index contributed by atoms with van der Waals surface area (Å²) in [4.78, 5) is 4.37. The average Bonchev–Trinajstić information content (AvgIpc) is 3.13. The van der Waals surface area contributed by atoms with Gasteiger partial charge >= 0.3 is 0 Å². The number of unbranched alkanes of at least 4 members (excludes halogenated alkanes) is 11. The Balaban J connectivity index is 1.91. The first-order chi connectivity index (χ1) is 11.8. The predicted octanol–water partition coefficient (Wildman–Crippen LogP) is 5.47. The Bertz CT molecular complexity index is 317. The zero-order valence-electron chi connectivity index (χ0n) is 16.4. The van der Waals surface area contributed by atoms with E-state index in [9.17, 15) is 5.11 Å². The van der Waals surface area contributed by atoms with Crippen molar-refractivity contribution in [3.8, 4) is 0 Å². The Hall–Kier alpha value is -0.570. The number of rotatable bonds is 16. The molecular formula is C21H42N2O. The molecule has 1 aliphatic rings. The van der Waals surface area contributed by atoms with Gasteiger partial charge in [-0.1, -0.05) is 97.3 Å². The molecule has 142 valence electrons. The zero-order chi connectivity index (χ0) is 17.5. The van der Waals surface area contributed by atoms with Gasteiger partial charge in [0.25, 0.3) is 0 Å². The molecule has 0 fully saturated rings. The minimum Gasteiger partial charge on any atom is -0.385 e. The SMILES string of the molecule is CCCCCCCCCCCCCCC(CC)C(O)C1=NCCN1. The maximum absolute atomic E-state index is 10.4. The predicted molar refractivity (Wildman–Crippen MR) is 106 cm³/mol. The third-order valence-corrected chi connectivity index (χ3v) is 5.38. The monoisotopic (exact) mass is 338 g/mol. The maximum atomic E-state index is 10.4. The highest BCUT2D eigenvalue weighted by atomic mass is 16.3. The molecule has 0 aliphatic carbocycles. The molecule has 0 saturated carbocycles. The van der Waals surface area contributed by atoms with Crippen LogP contribution in [0, 0.1) is 5.92 Å². The summed E-state index contributed by atoms with van der Waals surface area (Å²) in [6, 6.07) is 0. The second-order valence-corrected chi connectivity index (χ2v) is 7.48. The van der Waals surface area contributed by atoms with E-state index < -0.39 is 0 Å². The van der Waals surface area contributed by atoms with Crippen LogP contribution in [-0.2, 0) is 0 Å². The van der Waals surface area contributed by atoms with Crippen molar-refractivity contribution in [2.24, 2.45) is 10.9 Å². The summed E-state index contributed by atoms with van der Waals surface area (Å²) in [7, 11) is 0. The van der Waals surface area contributed by atoms with E-state index in [4.69, 9.17) is 0 Å². The summed E-state index contributed by atoms with van der Waals surface area (Å²) in [5.74, 6) is 1.21. The molecule has 0 saturated heterocycles. The molecular weight excluding hydrogens is 296 g/mol. The highest BCUT2D eigenvalue weighted by Crippen LogP contribution is 2.20. The van der Waals surface area contributed by atoms with E-state index in [0.717, 1.165) is 31.8 Å². The van der Waals surface area contributed by atoms with Gasteiger partial charge in [0.1, 0.15) is 11.9 Å². The first-order valence-corrected chi connectivity index (χ1v) is 10.8. The fourth-order valence-electron chi connectivity index (χ4n) is 3.67. The van der Waals surface area contributed by atoms with Gasteiger partial charge in [-0.3, -0.25) is 4.99 Å². The van der Waals surface area contributed by atoms with Gasteiger partial charge in [0.05, 0.1) is 6.54 Å². The standard InChI is InChI=1S/C21H42N2O/c1-3-5-6-7-8-9-10-11-12-13-14-15-16-19(4-2)20(24)21-22-17-18-23-21/h19-20,24H,3-18H2,1-2H3,(H,22,23). The van der Waals surface area contributed by atoms with E-state index in [0.29, 0.717) is 5.92 Å². The minimum absolute atomic E-state index is 0.370. The lowest BCUT2D eigenvalue weighted by Crippen LogP contribution is -2.36. The molecule has 3 heteroatoms. The summed E-state index contributed by atoms with van der Waals surface area (Å²) in [6.45, 7) is 6.18. The van der Waals surface area contributed by atoms with Gasteiger partial charge in [-0.25, -0.2) is 0 Å². The third-order valence-electron chi connectivity index (χ3n) is 5.38. The van der Waals surface area contributed by atoms with E-state index in [2.05, 4.69) is 24.2 Å². The lowest BCUT2D eigenvalue weighted by molar-refractivity contribution is 0.155. The van der Waals surface area contributed by atoms with E-state index in [1.54, 1.807) is 0 Å². The molecule has 2 unspecified atom stereocenters. The number of amidine groups is 1. The Labute approximate surface area is 150 Å². The Kier molecular flexibility index (Phi) is 13.2. The fraction of sp³-hybridized carbons (Fsp3) is 0.952. The molecule has 1 aliphatic heterocycles. The van der Waals surface area contributed by atoms with Gasteiger partial charge in [-0.15, -0.1) is 0 Å². The fourth-order valence-corrected chi connectivity index (χ4v) is 3.67. The van der Waals surface area contributed by atoms with Crippen molar-refractivity contribution >= 4 is 5.84 Å². The van der Waals surface area contributed by atoms with Crippen LogP contribution in [0.2, 0.25) is 0 Å². The van der Waals surface area contributed by atoms with Crippen LogP contribution in [0.4, 0.5) is 0 Å². The molecule has 0 aromatic rings. The number of nitrogens with zero attached hydrogens (tertiary/aromatic N) is 1. The molecule has 0 bridgehead atoms. The van der Waals surface area contributed by atoms with Crippen molar-refractivity contribution in [1.29, 1.82) is 0 Å². The molecule has 0 radical (unpaired) electrons. The van der Waals surface area contributed by atoms with Gasteiger partial charge in [0.15, 0.2) is 0 Å². The van der Waals surface area contributed by atoms with Crippen LogP contribution in [0.3, 0.4) is 0 Å². The Morgan fingerprint density at radius 2 is 1.42 bits per heavy atom. The normalized spacial score (nSPS) is 16.7. The van der Waals surface area contributed by atoms with Crippen LogP contribution in [-0.4, -0.2) is 30.1 Å². The summed E-state index contributed by atoms with van der Waals surface area (Å²) < 4.78 is 0. The van der Waals surface area contributed by atoms with Gasteiger partial charge in [0, 0.05) is 6.54 Å². The molecule has 0 aromatic carbocycles. The molecule has 0 spiro atoms. The minimum atomic E-state index is -0.370. The Morgan fingerprint density at radius 3 is 1.88 bits per heavy atom. The maximum Gasteiger partial charge on any atom is 0.126 e. The second-order valence-electron chi connectivity index (χ2n) is 7.48. The highest BCUT2D eigenvalue weighted by Gasteiger charge is 2.23. The molecule has 2 atom stereocenters. The van der Waals surface area contributed by atoms with E-state index >= 15 is 0 Å². The molecule has 1 rings (SSSR count). The van der Waals surface area contributed by atoms with Crippen LogP contribution >= 0.6 is 0 Å². The lowest BCUT2D eigenvalue weighted by Gasteiger charge is -2.21. The van der Waals surface area contributed by atoms with Crippen molar-refractivity contribution < 1.29 is 5.11 Å². The number of hydrogen-bond acceptors (Lipinski definition) is 3. The molecule has 0 aromatic heterocycles. The highest BCUT2D eigenvalue weighted by molar-refractivity contribution is 5.87. The van der Waals surface area contributed by atoms with Crippen LogP contribution in [0.25, 0.3) is 0 Å². The van der Waals surface area contributed by atoms with Crippen molar-refractivity contribution in [3.05, 3.63) is 0 Å². The van der Waals surface area contributed by atoms with Crippen molar-refractivity contribution in [1.82, 2.24) is 5.32 Å². The van der Waals surface area contributed by atoms with Crippen molar-refractivity contribution in [3.63, 3.8) is 0 Å². The van der Waals surface area contributed by atoms with Crippen LogP contribution in [0.5, 0.6) is 0 Å². The van der Waals surface area contributed by atoms with Crippen LogP contribution in [0.1, 0.15) is 104 Å². The summed E-state index contributed by atoms with van der Waals surface area (Å²) in [5, 5.41) is 13.6. The number of aliphatic hydroxyl groups is 1. The number of nitrogens with one attached hydrogen (secondary N) is 1. The zero-order valence-corrected chi connectivity index (χ0v) is 16.4. The molecule has 2 N–H and O–H groups in total. The lowest BCUT2D eigenvalue weighted by atomic mass is 9.92. The van der Waals surface area contributed by atoms with Gasteiger partial charge in [-0.05, 0) is 12.3 Å². The average molecular weight is 339 g/mol. The summed E-state index contributed by atoms with van der Waals surface area (Å²) in [6.07, 6.45) is 18.5. The molecule has 3 nitrogen and oxygen atoms in total. The largest absolute Gasteiger partial charge is 0.385 e. The van der Waals surface area contributed by atoms with E-state index in [1.165, 1.54) is 77.0 Å². The molecule has 0 amide bonds. The third kappa shape index (κ3) is 9.66. The Morgan fingerprint density at radius 1 is 0.875 bits per heavy atom. The number of aliphatic imine (C=N–C) groups is 1. The van der Waals surface area contributed by atoms with Crippen LogP contribution in [0.15, 0.2) is 4.99 Å². The summed E-state index contributed by atoms with van der Waals surface area (Å²) >= 11 is 0. The quantitative estimate of drug-likeness (QED) is 0.367. The van der Waals surface area contributed by atoms with Crippen molar-refractivity contribution in [2.75, 3.05) is 13.1 Å². The van der Waals surface area contributed by atoms with E-state index in [-0.39, 0.29) is 6.10 Å². The first kappa shape index (κ1) is 21.5.